The quantitative estimate of drug-likeness (QED) is 0.731. The summed E-state index contributed by atoms with van der Waals surface area (Å²) in [6, 6.07) is 17.4. The number of piperazine rings is 1. The summed E-state index contributed by atoms with van der Waals surface area (Å²) in [5.74, 6) is 2.40. The predicted octanol–water partition coefficient (Wildman–Crippen LogP) is 4.80. The minimum Gasteiger partial charge on any atom is -0.493 e. The lowest BCUT2D eigenvalue weighted by Crippen LogP contribution is -2.47. The zero-order valence-electron chi connectivity index (χ0n) is 17.6. The summed E-state index contributed by atoms with van der Waals surface area (Å²) in [4.78, 5) is 2.69. The number of rotatable bonds is 7. The summed E-state index contributed by atoms with van der Waals surface area (Å²) in [5, 5.41) is 3.50. The molecule has 156 valence electrons. The van der Waals surface area contributed by atoms with Crippen LogP contribution in [0.1, 0.15) is 49.3 Å². The molecule has 1 N–H and O–H groups in total. The van der Waals surface area contributed by atoms with Crippen LogP contribution < -0.4 is 14.8 Å². The highest BCUT2D eigenvalue weighted by molar-refractivity contribution is 5.44. The van der Waals surface area contributed by atoms with Crippen molar-refractivity contribution in [3.63, 3.8) is 0 Å². The van der Waals surface area contributed by atoms with Gasteiger partial charge in [0.1, 0.15) is 6.61 Å². The molecule has 0 aromatic heterocycles. The van der Waals surface area contributed by atoms with Gasteiger partial charge in [0.05, 0.1) is 7.11 Å². The molecule has 0 spiro atoms. The largest absolute Gasteiger partial charge is 0.493 e. The van der Waals surface area contributed by atoms with E-state index in [0.717, 1.165) is 43.6 Å². The normalized spacial score (nSPS) is 19.6. The smallest absolute Gasteiger partial charge is 0.161 e. The van der Waals surface area contributed by atoms with E-state index in [1.165, 1.54) is 43.2 Å². The van der Waals surface area contributed by atoms with Crippen LogP contribution in [0.15, 0.2) is 48.5 Å². The van der Waals surface area contributed by atoms with E-state index in [1.807, 2.05) is 18.2 Å². The first kappa shape index (κ1) is 20.2. The molecule has 1 saturated heterocycles. The van der Waals surface area contributed by atoms with E-state index in [9.17, 15) is 0 Å². The summed E-state index contributed by atoms with van der Waals surface area (Å²) in [5.41, 5.74) is 2.54. The van der Waals surface area contributed by atoms with E-state index in [4.69, 9.17) is 9.47 Å². The molecule has 2 aliphatic rings. The molecule has 2 fully saturated rings. The molecule has 0 bridgehead atoms. The van der Waals surface area contributed by atoms with Crippen molar-refractivity contribution in [2.75, 3.05) is 33.3 Å². The third kappa shape index (κ3) is 5.12. The van der Waals surface area contributed by atoms with Gasteiger partial charge in [0, 0.05) is 32.2 Å². The molecule has 1 aliphatic carbocycles. The Balaban J connectivity index is 1.55. The second-order valence-corrected chi connectivity index (χ2v) is 8.31. The fourth-order valence-electron chi connectivity index (χ4n) is 4.91. The Bertz CT molecular complexity index is 735. The van der Waals surface area contributed by atoms with Crippen LogP contribution in [0.25, 0.3) is 0 Å². The van der Waals surface area contributed by atoms with Crippen LogP contribution in [0.4, 0.5) is 0 Å². The molecule has 2 aromatic carbocycles. The number of methoxy groups -OCH3 is 1. The van der Waals surface area contributed by atoms with E-state index in [0.29, 0.717) is 12.6 Å². The minimum absolute atomic E-state index is 0.481. The van der Waals surface area contributed by atoms with Crippen LogP contribution in [-0.4, -0.2) is 38.2 Å². The highest BCUT2D eigenvalue weighted by Crippen LogP contribution is 2.41. The number of hydrogen-bond donors (Lipinski definition) is 1. The maximum atomic E-state index is 6.09. The van der Waals surface area contributed by atoms with E-state index >= 15 is 0 Å². The van der Waals surface area contributed by atoms with Gasteiger partial charge in [-0.25, -0.2) is 0 Å². The topological polar surface area (TPSA) is 33.7 Å². The van der Waals surface area contributed by atoms with Crippen molar-refractivity contribution in [3.05, 3.63) is 59.7 Å². The van der Waals surface area contributed by atoms with Crippen molar-refractivity contribution < 1.29 is 9.47 Å². The standard InChI is InChI=1S/C25H34N2O2/c1-28-24-18-22(12-13-23(24)29-19-20-8-4-2-5-9-20)25(21-10-6-3-7-11-21)27-16-14-26-15-17-27/h2,4-5,8-9,12-13,18,21,25-26H,3,6-7,10-11,14-17,19H2,1H3/t25-/m0/s1. The molecule has 29 heavy (non-hydrogen) atoms. The molecular weight excluding hydrogens is 360 g/mol. The van der Waals surface area contributed by atoms with Crippen molar-refractivity contribution in [1.29, 1.82) is 0 Å². The van der Waals surface area contributed by atoms with Gasteiger partial charge in [-0.05, 0) is 42.0 Å². The molecule has 1 atom stereocenters. The molecule has 4 nitrogen and oxygen atoms in total. The summed E-state index contributed by atoms with van der Waals surface area (Å²) in [7, 11) is 1.74. The van der Waals surface area contributed by atoms with Crippen LogP contribution >= 0.6 is 0 Å². The lowest BCUT2D eigenvalue weighted by Gasteiger charge is -2.41. The van der Waals surface area contributed by atoms with Crippen molar-refractivity contribution in [1.82, 2.24) is 10.2 Å². The van der Waals surface area contributed by atoms with Gasteiger partial charge < -0.3 is 14.8 Å². The maximum Gasteiger partial charge on any atom is 0.161 e. The van der Waals surface area contributed by atoms with Crippen LogP contribution in [0, 0.1) is 5.92 Å². The third-order valence-corrected chi connectivity index (χ3v) is 6.41. The highest BCUT2D eigenvalue weighted by atomic mass is 16.5. The third-order valence-electron chi connectivity index (χ3n) is 6.41. The predicted molar refractivity (Wildman–Crippen MR) is 118 cm³/mol. The van der Waals surface area contributed by atoms with Gasteiger partial charge in [-0.1, -0.05) is 55.7 Å². The van der Waals surface area contributed by atoms with Gasteiger partial charge in [-0.2, -0.15) is 0 Å². The van der Waals surface area contributed by atoms with Crippen molar-refractivity contribution >= 4 is 0 Å². The molecule has 1 aliphatic heterocycles. The average molecular weight is 395 g/mol. The number of ether oxygens (including phenoxy) is 2. The highest BCUT2D eigenvalue weighted by Gasteiger charge is 2.31. The SMILES string of the molecule is COc1cc([C@H](C2CCCCC2)N2CCNCC2)ccc1OCc1ccccc1. The first-order valence-corrected chi connectivity index (χ1v) is 11.1. The van der Waals surface area contributed by atoms with Crippen LogP contribution in [0.5, 0.6) is 11.5 Å². The molecule has 2 aromatic rings. The first-order valence-electron chi connectivity index (χ1n) is 11.1. The average Bonchev–Trinajstić information content (AvgIpc) is 2.80. The van der Waals surface area contributed by atoms with E-state index < -0.39 is 0 Å². The Morgan fingerprint density at radius 2 is 1.72 bits per heavy atom. The summed E-state index contributed by atoms with van der Waals surface area (Å²) in [6.45, 7) is 4.96. The maximum absolute atomic E-state index is 6.09. The molecular formula is C25H34N2O2. The van der Waals surface area contributed by atoms with Crippen LogP contribution in [0.3, 0.4) is 0 Å². The van der Waals surface area contributed by atoms with E-state index in [1.54, 1.807) is 7.11 Å². The molecule has 1 saturated carbocycles. The molecule has 0 radical (unpaired) electrons. The van der Waals surface area contributed by atoms with Gasteiger partial charge in [0.25, 0.3) is 0 Å². The fraction of sp³-hybridized carbons (Fsp3) is 0.520. The summed E-state index contributed by atoms with van der Waals surface area (Å²) >= 11 is 0. The first-order chi connectivity index (χ1) is 14.3. The van der Waals surface area contributed by atoms with Gasteiger partial charge in [-0.3, -0.25) is 4.90 Å². The number of nitrogens with zero attached hydrogens (tertiary/aromatic N) is 1. The molecule has 4 heteroatoms. The number of nitrogens with one attached hydrogen (secondary N) is 1. The second-order valence-electron chi connectivity index (χ2n) is 8.31. The zero-order valence-corrected chi connectivity index (χ0v) is 17.6. The van der Waals surface area contributed by atoms with E-state index in [-0.39, 0.29) is 0 Å². The minimum atomic E-state index is 0.481. The lowest BCUT2D eigenvalue weighted by atomic mass is 9.80. The molecule has 0 amide bonds. The Morgan fingerprint density at radius 3 is 2.45 bits per heavy atom. The molecule has 4 rings (SSSR count). The van der Waals surface area contributed by atoms with Crippen LogP contribution in [0.2, 0.25) is 0 Å². The lowest BCUT2D eigenvalue weighted by molar-refractivity contribution is 0.103. The second kappa shape index (κ2) is 10.1. The van der Waals surface area contributed by atoms with Crippen LogP contribution in [-0.2, 0) is 6.61 Å². The Hall–Kier alpha value is -2.04. The number of benzene rings is 2. The Labute approximate surface area is 175 Å². The summed E-state index contributed by atoms with van der Waals surface area (Å²) in [6.07, 6.45) is 6.79. The van der Waals surface area contributed by atoms with Gasteiger partial charge in [0.15, 0.2) is 11.5 Å². The Kier molecular flexibility index (Phi) is 7.07. The van der Waals surface area contributed by atoms with Crippen molar-refractivity contribution in [2.24, 2.45) is 5.92 Å². The zero-order chi connectivity index (χ0) is 19.9. The summed E-state index contributed by atoms with van der Waals surface area (Å²) < 4.78 is 11.8. The van der Waals surface area contributed by atoms with E-state index in [2.05, 4.69) is 40.5 Å². The molecule has 1 heterocycles. The monoisotopic (exact) mass is 394 g/mol. The van der Waals surface area contributed by atoms with Gasteiger partial charge in [0.2, 0.25) is 0 Å². The number of hydrogen-bond acceptors (Lipinski definition) is 4. The van der Waals surface area contributed by atoms with Gasteiger partial charge >= 0.3 is 0 Å². The fourth-order valence-corrected chi connectivity index (χ4v) is 4.91. The Morgan fingerprint density at radius 1 is 0.966 bits per heavy atom. The molecule has 0 unspecified atom stereocenters. The van der Waals surface area contributed by atoms with Gasteiger partial charge in [-0.15, -0.1) is 0 Å². The van der Waals surface area contributed by atoms with Crippen molar-refractivity contribution in [2.45, 2.75) is 44.8 Å². The van der Waals surface area contributed by atoms with Crippen molar-refractivity contribution in [3.8, 4) is 11.5 Å².